The molecule has 0 atom stereocenters. The summed E-state index contributed by atoms with van der Waals surface area (Å²) >= 11 is 0. The largest absolute Gasteiger partial charge is 1.00 e. The predicted octanol–water partition coefficient (Wildman–Crippen LogP) is 2.13. The van der Waals surface area contributed by atoms with E-state index in [2.05, 4.69) is 41.5 Å². The second-order valence-electron chi connectivity index (χ2n) is 6.74. The van der Waals surface area contributed by atoms with Crippen molar-refractivity contribution in [3.8, 4) is 0 Å². The van der Waals surface area contributed by atoms with Crippen LogP contribution in [0.15, 0.2) is 30.3 Å². The zero-order valence-corrected chi connectivity index (χ0v) is 14.4. The minimum Gasteiger partial charge on any atom is -0.807 e. The van der Waals surface area contributed by atoms with Gasteiger partial charge in [-0.1, -0.05) is 79.8 Å². The fourth-order valence-corrected chi connectivity index (χ4v) is 5.80. The summed E-state index contributed by atoms with van der Waals surface area (Å²) in [6.07, 6.45) is 0.798. The second kappa shape index (κ2) is 7.08. The molecule has 3 heteroatoms. The van der Waals surface area contributed by atoms with Crippen molar-refractivity contribution in [2.24, 2.45) is 0 Å². The molecule has 0 aliphatic carbocycles. The topological polar surface area (TPSA) is 22.3 Å². The molecule has 0 heterocycles. The maximum absolute atomic E-state index is 10.4. The molecule has 0 bridgehead atoms. The van der Waals surface area contributed by atoms with Gasteiger partial charge in [-0.15, -0.1) is 0 Å². The van der Waals surface area contributed by atoms with E-state index in [-0.39, 0.29) is 37.1 Å². The van der Waals surface area contributed by atoms with E-state index in [1.807, 2.05) is 30.3 Å². The minimum atomic E-state index is -0.293. The Kier molecular flexibility index (Phi) is 7.05. The molecule has 0 saturated carbocycles. The van der Waals surface area contributed by atoms with E-state index in [0.29, 0.717) is 5.71 Å². The first kappa shape index (κ1) is 18.9. The number of hydrogen-bond donors (Lipinski definition) is 0. The van der Waals surface area contributed by atoms with Gasteiger partial charge in [0.25, 0.3) is 0 Å². The van der Waals surface area contributed by atoms with Gasteiger partial charge in [-0.25, -0.2) is 0 Å². The third-order valence-electron chi connectivity index (χ3n) is 3.03. The first-order valence-corrected chi connectivity index (χ1v) is 8.03. The van der Waals surface area contributed by atoms with E-state index >= 15 is 0 Å². The summed E-state index contributed by atoms with van der Waals surface area (Å²) in [6.45, 7) is 13.7. The summed E-state index contributed by atoms with van der Waals surface area (Å²) in [4.78, 5) is 0. The zero-order chi connectivity index (χ0) is 14.0. The Bertz CT molecular complexity index is 387. The number of hydrogen-bond acceptors (Lipinski definition) is 0. The second-order valence-corrected chi connectivity index (χ2v) is 10.6. The van der Waals surface area contributed by atoms with Gasteiger partial charge in [0.15, 0.2) is 0 Å². The maximum Gasteiger partial charge on any atom is 1.00 e. The number of benzene rings is 1. The van der Waals surface area contributed by atoms with Crippen molar-refractivity contribution in [2.75, 3.05) is 6.16 Å². The zero-order valence-electron chi connectivity index (χ0n) is 13.5. The van der Waals surface area contributed by atoms with Crippen LogP contribution in [0.1, 0.15) is 47.1 Å². The molecule has 0 spiro atoms. The number of nitrogens with zero attached hydrogens (tertiary/aromatic N) is 1. The Labute approximate surface area is 132 Å². The van der Waals surface area contributed by atoms with Gasteiger partial charge in [-0.2, -0.15) is 5.71 Å². The van der Waals surface area contributed by atoms with E-state index < -0.39 is 0 Å². The molecule has 0 radical (unpaired) electrons. The fourth-order valence-electron chi connectivity index (χ4n) is 2.35. The molecule has 0 aliphatic heterocycles. The molecular formula is C16H25LiNP. The Morgan fingerprint density at radius 3 is 1.74 bits per heavy atom. The normalized spacial score (nSPS) is 12.2. The number of rotatable bonds is 3. The van der Waals surface area contributed by atoms with Crippen molar-refractivity contribution in [1.82, 2.24) is 0 Å². The van der Waals surface area contributed by atoms with E-state index in [0.717, 1.165) is 11.7 Å². The van der Waals surface area contributed by atoms with Crippen molar-refractivity contribution >= 4 is 13.6 Å². The molecule has 19 heavy (non-hydrogen) atoms. The fraction of sp³-hybridized carbons (Fsp3) is 0.562. The Hall–Kier alpha value is -0.0826. The van der Waals surface area contributed by atoms with Crippen LogP contribution in [-0.2, 0) is 0 Å². The monoisotopic (exact) mass is 269 g/mol. The average molecular weight is 269 g/mol. The third kappa shape index (κ3) is 5.82. The Morgan fingerprint density at radius 1 is 0.947 bits per heavy atom. The standard InChI is InChI=1S/C16H25NP.Li/c1-15(2,3)18(16(4,5)6)12-14(17)13-10-8-7-9-11-13;/h7-11H,12H2,1-6H3;/q-1;+1. The molecule has 0 N–H and O–H groups in total. The van der Waals surface area contributed by atoms with E-state index in [9.17, 15) is 5.41 Å². The molecular weight excluding hydrogens is 244 g/mol. The van der Waals surface area contributed by atoms with Gasteiger partial charge in [0.2, 0.25) is 0 Å². The smallest absolute Gasteiger partial charge is 0.807 e. The van der Waals surface area contributed by atoms with Crippen LogP contribution < -0.4 is 18.9 Å². The SMILES string of the molecule is CC(C)(C)P(CC(=[N-])c1ccccc1)C(C)(C)C.[Li+]. The van der Waals surface area contributed by atoms with Gasteiger partial charge >= 0.3 is 18.9 Å². The van der Waals surface area contributed by atoms with Gasteiger partial charge in [0, 0.05) is 0 Å². The predicted molar refractivity (Wildman–Crippen MR) is 85.2 cm³/mol. The van der Waals surface area contributed by atoms with E-state index in [1.54, 1.807) is 0 Å². The van der Waals surface area contributed by atoms with Crippen molar-refractivity contribution < 1.29 is 18.9 Å². The van der Waals surface area contributed by atoms with Gasteiger partial charge in [0.05, 0.1) is 0 Å². The average Bonchev–Trinajstić information content (AvgIpc) is 2.23. The van der Waals surface area contributed by atoms with Crippen LogP contribution in [0.25, 0.3) is 5.41 Å². The summed E-state index contributed by atoms with van der Waals surface area (Å²) in [5.41, 5.74) is 1.49. The quantitative estimate of drug-likeness (QED) is 0.456. The minimum absolute atomic E-state index is 0. The van der Waals surface area contributed by atoms with Crippen LogP contribution in [0, 0.1) is 0 Å². The van der Waals surface area contributed by atoms with Crippen LogP contribution in [0.4, 0.5) is 0 Å². The molecule has 0 aliphatic rings. The summed E-state index contributed by atoms with van der Waals surface area (Å²) in [6, 6.07) is 9.89. The van der Waals surface area contributed by atoms with Crippen LogP contribution in [0.2, 0.25) is 0 Å². The summed E-state index contributed by atoms with van der Waals surface area (Å²) in [7, 11) is -0.293. The summed E-state index contributed by atoms with van der Waals surface area (Å²) < 4.78 is 0. The van der Waals surface area contributed by atoms with Crippen molar-refractivity contribution in [3.05, 3.63) is 41.3 Å². The molecule has 1 aromatic rings. The molecule has 0 aromatic heterocycles. The summed E-state index contributed by atoms with van der Waals surface area (Å²) in [5, 5.41) is 10.8. The van der Waals surface area contributed by atoms with E-state index in [4.69, 9.17) is 0 Å². The molecule has 1 rings (SSSR count). The molecule has 1 aromatic carbocycles. The Balaban J connectivity index is 0.00000324. The first-order valence-electron chi connectivity index (χ1n) is 6.50. The maximum atomic E-state index is 10.4. The van der Waals surface area contributed by atoms with Crippen LogP contribution >= 0.6 is 7.92 Å². The van der Waals surface area contributed by atoms with Gasteiger partial charge < -0.3 is 5.41 Å². The van der Waals surface area contributed by atoms with Crippen LogP contribution in [0.5, 0.6) is 0 Å². The third-order valence-corrected chi connectivity index (χ3v) is 6.89. The van der Waals surface area contributed by atoms with Gasteiger partial charge in [-0.05, 0) is 22.0 Å². The molecule has 0 unspecified atom stereocenters. The molecule has 1 nitrogen and oxygen atoms in total. The van der Waals surface area contributed by atoms with Crippen molar-refractivity contribution in [2.45, 2.75) is 51.9 Å². The molecule has 0 amide bonds. The van der Waals surface area contributed by atoms with Gasteiger partial charge in [-0.3, -0.25) is 0 Å². The molecule has 100 valence electrons. The molecule has 0 saturated heterocycles. The van der Waals surface area contributed by atoms with Crippen molar-refractivity contribution in [3.63, 3.8) is 0 Å². The van der Waals surface area contributed by atoms with Crippen LogP contribution in [-0.4, -0.2) is 22.2 Å². The van der Waals surface area contributed by atoms with Gasteiger partial charge in [0.1, 0.15) is 0 Å². The van der Waals surface area contributed by atoms with E-state index in [1.165, 1.54) is 0 Å². The summed E-state index contributed by atoms with van der Waals surface area (Å²) in [5.74, 6) is 0. The Morgan fingerprint density at radius 2 is 1.37 bits per heavy atom. The van der Waals surface area contributed by atoms with Crippen LogP contribution in [0.3, 0.4) is 0 Å². The first-order chi connectivity index (χ1) is 8.12. The molecule has 0 fully saturated rings. The van der Waals surface area contributed by atoms with Crippen molar-refractivity contribution in [1.29, 1.82) is 0 Å².